The molecule has 3 radical (unpaired) electrons. The van der Waals surface area contributed by atoms with Crippen LogP contribution in [0.15, 0.2) is 45.9 Å². The number of aldehydes is 1. The van der Waals surface area contributed by atoms with Crippen molar-refractivity contribution in [3.8, 4) is 11.5 Å². The molecule has 2 saturated carbocycles. The van der Waals surface area contributed by atoms with Crippen molar-refractivity contribution in [1.29, 1.82) is 0 Å². The van der Waals surface area contributed by atoms with Crippen LogP contribution in [0.5, 0.6) is 11.5 Å². The number of primary amides is 2. The van der Waals surface area contributed by atoms with Crippen molar-refractivity contribution in [3.63, 3.8) is 0 Å². The van der Waals surface area contributed by atoms with E-state index < -0.39 is 140 Å². The summed E-state index contributed by atoms with van der Waals surface area (Å²) in [6, 6.07) is 1.06. The van der Waals surface area contributed by atoms with E-state index in [9.17, 15) is 84.0 Å². The molecule has 0 aliphatic heterocycles. The van der Waals surface area contributed by atoms with E-state index in [0.29, 0.717) is 35.2 Å². The Hall–Kier alpha value is -7.64. The van der Waals surface area contributed by atoms with Gasteiger partial charge in [0, 0.05) is 103 Å². The van der Waals surface area contributed by atoms with Gasteiger partial charge in [-0.3, -0.25) is 43.4 Å². The van der Waals surface area contributed by atoms with Crippen LogP contribution >= 0.6 is 0 Å². The van der Waals surface area contributed by atoms with E-state index in [-0.39, 0.29) is 97.2 Å². The molecule has 30 heteroatoms. The monoisotopic (exact) mass is 1210 g/mol. The van der Waals surface area contributed by atoms with Crippen molar-refractivity contribution >= 4 is 90.4 Å². The van der Waals surface area contributed by atoms with E-state index in [1.807, 2.05) is 44.1 Å². The van der Waals surface area contributed by atoms with Gasteiger partial charge in [0.25, 0.3) is 11.8 Å². The number of nitrogens with zero attached hydrogens (tertiary/aromatic N) is 5. The molecule has 0 saturated heterocycles. The zero-order chi connectivity index (χ0) is 64.0. The number of likely N-dealkylation sites (N-methyl/N-ethyl adjacent to an activating group) is 2. The molecule has 2 aromatic rings. The predicted molar refractivity (Wildman–Crippen MR) is 300 cm³/mol. The molecule has 28 nitrogen and oxygen atoms in total. The fourth-order valence-corrected chi connectivity index (χ4v) is 12.1. The van der Waals surface area contributed by atoms with E-state index in [4.69, 9.17) is 21.4 Å². The zero-order valence-electron chi connectivity index (χ0n) is 50.1. The minimum atomic E-state index is -2.70. The number of Topliss-reactive ketones (excluding diaryl/α,β-unsaturated/α-hetero) is 4. The Balaban J connectivity index is 0.000000371. The van der Waals surface area contributed by atoms with Crippen molar-refractivity contribution in [2.75, 3.05) is 80.3 Å². The van der Waals surface area contributed by atoms with E-state index >= 15 is 0 Å². The molecule has 459 valence electrons. The number of nitrogens with two attached hydrogens (primary N) is 2. The molecule has 8 atom stereocenters. The molecule has 0 bridgehead atoms. The number of phenolic OH excluding ortho intramolecular Hbond substituents is 2. The molecule has 6 aliphatic carbocycles. The second-order valence-corrected chi connectivity index (χ2v) is 22.2. The largest absolute Gasteiger partial charge is 1.00 e. The Morgan fingerprint density at radius 2 is 0.965 bits per heavy atom. The number of amides is 2. The van der Waals surface area contributed by atoms with Gasteiger partial charge < -0.3 is 76.9 Å². The summed E-state index contributed by atoms with van der Waals surface area (Å²) < 4.78 is 0. The van der Waals surface area contributed by atoms with Gasteiger partial charge in [-0.15, -0.1) is 0 Å². The molecule has 2 aromatic carbocycles. The van der Waals surface area contributed by atoms with E-state index in [0.717, 1.165) is 26.5 Å². The third kappa shape index (κ3) is 12.9. The van der Waals surface area contributed by atoms with Gasteiger partial charge >= 0.3 is 41.5 Å². The first-order chi connectivity index (χ1) is 38.8. The second kappa shape index (κ2) is 27.4. The number of fused-ring (bicyclic) bond motifs is 6. The number of aromatic hydroxyl groups is 2. The maximum atomic E-state index is 13.9. The summed E-state index contributed by atoms with van der Waals surface area (Å²) >= 11 is 0. The second-order valence-electron chi connectivity index (χ2n) is 22.2. The average molecular weight is 1210 g/mol. The van der Waals surface area contributed by atoms with Crippen LogP contribution in [0.2, 0.25) is 0 Å². The van der Waals surface area contributed by atoms with Gasteiger partial charge in [-0.25, -0.2) is 19.4 Å². The van der Waals surface area contributed by atoms with Crippen molar-refractivity contribution in [3.05, 3.63) is 79.3 Å². The average Bonchev–Trinajstić information content (AvgIpc) is 0.713. The van der Waals surface area contributed by atoms with Crippen LogP contribution in [0.1, 0.15) is 71.8 Å². The number of phenols is 2. The number of ketones is 4. The molecule has 12 N–H and O–H groups in total. The number of carbonyl (C=O) groups excluding carboxylic acids is 10. The van der Waals surface area contributed by atoms with Gasteiger partial charge in [-0.1, -0.05) is 0 Å². The molecular formula is C56H70BN7NaO21. The zero-order valence-corrected chi connectivity index (χ0v) is 52.1. The Morgan fingerprint density at radius 3 is 1.26 bits per heavy atom. The van der Waals surface area contributed by atoms with Crippen LogP contribution in [0.25, 0.3) is 11.5 Å². The molecule has 2 amide bonds. The first-order valence-electron chi connectivity index (χ1n) is 25.8. The van der Waals surface area contributed by atoms with Gasteiger partial charge in [0.1, 0.15) is 45.7 Å². The van der Waals surface area contributed by atoms with Gasteiger partial charge in [0.05, 0.1) is 28.8 Å². The van der Waals surface area contributed by atoms with Crippen molar-refractivity contribution in [1.82, 2.24) is 14.7 Å². The van der Waals surface area contributed by atoms with Crippen molar-refractivity contribution < 1.29 is 133 Å². The third-order valence-corrected chi connectivity index (χ3v) is 15.4. The van der Waals surface area contributed by atoms with Crippen molar-refractivity contribution in [2.45, 2.75) is 76.3 Å². The topological polar surface area (TPSA) is 442 Å². The maximum absolute atomic E-state index is 13.9. The molecule has 6 aliphatic rings. The number of rotatable bonds is 9. The standard InChI is InChI=1S/C26H34N4O7.C24H27N3O8.C4H6O4.C2H4O2.B.Na/c1-28(2)10-12-9-15(29(3)4)13-7-11-8-14-19(30(5)6)22(33)18(25(27)36)24(35)26(14,37)23(34)16(11)21(32)17(13)20(12)31;1-26(2)13-7-10(8-28)18(29)15-11(13)5-9-6-12-17(27(3)4)20(31)16(23(25)34)22(33)24(12,35)21(32)14(9)19(15)30;1-3(5)7-8-4(2)6;1-2(3)4;;/h9,11,14,19,31-32,35,37H,7-8,10H2,1-6H3,(H2,27,36);7-9,12,17,29-30,33,35H,5-6H2,1-4H3,(H2,25,34);1-2H3;1H3,(H,3,4);;/q;;;;;+1/p-1/t11?,14?,19-,26-;9?,12?,17-,24-;;;;/m00..../s1. The summed E-state index contributed by atoms with van der Waals surface area (Å²) in [4.78, 5) is 134. The van der Waals surface area contributed by atoms with Crippen LogP contribution < -0.4 is 55.9 Å². The quantitative estimate of drug-likeness (QED) is 0.0371. The SMILES string of the molecule is CC(=O)OOC(C)=O.CC(=O)[O-].CN(C)Cc1cc(N(C)C)c2c(c1O)C(O)=C1C(=O)[C@]3(O)C(O)=C(C(N)=O)C(=O)[C@@H](N(C)C)C3CC1C2.CN(C)c1cc(C=O)c(O)c2c1CC1CC3[C@H](N(C)C)C(=O)C(C(N)=O)=C(O)[C@@]3(O)C(=O)C1=C2O.[B].[Na+]. The number of aliphatic hydroxyl groups excluding tert-OH is 4. The number of hydrogen-bond acceptors (Lipinski definition) is 26. The summed E-state index contributed by atoms with van der Waals surface area (Å²) in [5, 5.41) is 98.5. The molecule has 0 spiro atoms. The minimum Gasteiger partial charge on any atom is -0.550 e. The Kier molecular flexibility index (Phi) is 23.1. The van der Waals surface area contributed by atoms with Gasteiger partial charge in [-0.2, -0.15) is 0 Å². The first-order valence-corrected chi connectivity index (χ1v) is 25.8. The molecule has 4 unspecified atom stereocenters. The predicted octanol–water partition coefficient (Wildman–Crippen LogP) is -4.66. The third-order valence-electron chi connectivity index (χ3n) is 15.4. The summed E-state index contributed by atoms with van der Waals surface area (Å²) in [6.45, 7) is 3.62. The number of carbonyl (C=O) groups is 10. The number of aliphatic carboxylic acids is 1. The van der Waals surface area contributed by atoms with E-state index in [1.54, 1.807) is 33.1 Å². The smallest absolute Gasteiger partial charge is 0.550 e. The summed E-state index contributed by atoms with van der Waals surface area (Å²) in [7, 11) is 17.0. The Bertz CT molecular complexity index is 3300. The van der Waals surface area contributed by atoms with Crippen LogP contribution in [0, 0.1) is 23.7 Å². The van der Waals surface area contributed by atoms with Crippen LogP contribution in [0.4, 0.5) is 11.4 Å². The summed E-state index contributed by atoms with van der Waals surface area (Å²) in [5.74, 6) is -16.2. The molecule has 86 heavy (non-hydrogen) atoms. The molecule has 2 fully saturated rings. The van der Waals surface area contributed by atoms with E-state index in [1.165, 1.54) is 30.0 Å². The van der Waals surface area contributed by atoms with Crippen LogP contribution in [0.3, 0.4) is 0 Å². The molecule has 0 heterocycles. The molecular weight excluding hydrogens is 1140 g/mol. The van der Waals surface area contributed by atoms with Gasteiger partial charge in [0.2, 0.25) is 11.6 Å². The van der Waals surface area contributed by atoms with Crippen LogP contribution in [-0.4, -0.2) is 217 Å². The molecule has 0 aromatic heterocycles. The Morgan fingerprint density at radius 1 is 0.628 bits per heavy atom. The first kappa shape index (κ1) is 72.6. The Labute approximate surface area is 518 Å². The maximum Gasteiger partial charge on any atom is 1.00 e. The van der Waals surface area contributed by atoms with Crippen molar-refractivity contribution in [2.24, 2.45) is 35.1 Å². The summed E-state index contributed by atoms with van der Waals surface area (Å²) in [5.41, 5.74) is 6.03. The van der Waals surface area contributed by atoms with Crippen LogP contribution in [-0.2, 0) is 72.3 Å². The number of carboxylic acid groups (broad SMARTS) is 1. The summed E-state index contributed by atoms with van der Waals surface area (Å²) in [6.07, 6.45) is 0.862. The number of aliphatic hydroxyl groups is 6. The number of benzene rings is 2. The number of anilines is 2. The molecule has 8 rings (SSSR count). The number of carboxylic acids is 1. The van der Waals surface area contributed by atoms with E-state index in [2.05, 4.69) is 9.78 Å². The normalized spacial score (nSPS) is 24.2. The minimum absolute atomic E-state index is 0. The van der Waals surface area contributed by atoms with Gasteiger partial charge in [-0.05, 0) is 110 Å². The fraction of sp³-hybridized carbons (Fsp3) is 0.464. The van der Waals surface area contributed by atoms with Gasteiger partial charge in [0.15, 0.2) is 29.1 Å². The number of hydrogen-bond donors (Lipinski definition) is 10. The fourth-order valence-electron chi connectivity index (χ4n) is 12.1.